The van der Waals surface area contributed by atoms with Crippen molar-refractivity contribution in [3.05, 3.63) is 94.5 Å². The standard InChI is InChI=1S/C33H39ClN2O4/c1-39-30-19-17-25(22-31(30)40-2)18-20-32(37)36(23-26-13-9-10-16-28(26)34)29(21-24-11-5-3-6-12-24)33(38)35-27-14-7-4-8-15-27/h3,5-6,9-13,16-17,19,22,27,29H,4,7-8,14-15,18,20-21,23H2,1-2H3,(H,35,38)/t29-/m1/s1. The molecule has 4 rings (SSSR count). The van der Waals surface area contributed by atoms with Gasteiger partial charge in [0.15, 0.2) is 11.5 Å². The van der Waals surface area contributed by atoms with Gasteiger partial charge in [-0.05, 0) is 54.2 Å². The van der Waals surface area contributed by atoms with E-state index in [1.165, 1.54) is 6.42 Å². The second-order valence-corrected chi connectivity index (χ2v) is 10.8. The van der Waals surface area contributed by atoms with Crippen LogP contribution in [0.2, 0.25) is 5.02 Å². The van der Waals surface area contributed by atoms with E-state index in [4.69, 9.17) is 21.1 Å². The molecule has 0 aliphatic heterocycles. The van der Waals surface area contributed by atoms with Gasteiger partial charge >= 0.3 is 0 Å². The Balaban J connectivity index is 1.61. The highest BCUT2D eigenvalue weighted by Crippen LogP contribution is 2.28. The lowest BCUT2D eigenvalue weighted by Gasteiger charge is -2.33. The molecule has 1 N–H and O–H groups in total. The van der Waals surface area contributed by atoms with Gasteiger partial charge in [0, 0.05) is 30.5 Å². The summed E-state index contributed by atoms with van der Waals surface area (Å²) in [5, 5.41) is 3.86. The van der Waals surface area contributed by atoms with Gasteiger partial charge in [0.2, 0.25) is 11.8 Å². The third-order valence-electron chi connectivity index (χ3n) is 7.60. The molecule has 3 aromatic carbocycles. The van der Waals surface area contributed by atoms with E-state index in [0.29, 0.717) is 29.4 Å². The number of aryl methyl sites for hydroxylation is 1. The van der Waals surface area contributed by atoms with Crippen LogP contribution in [0.1, 0.15) is 55.2 Å². The molecule has 0 bridgehead atoms. The SMILES string of the molecule is COc1ccc(CCC(=O)N(Cc2ccccc2Cl)[C@H](Cc2ccccc2)C(=O)NC2CCCCC2)cc1OC. The van der Waals surface area contributed by atoms with Crippen molar-refractivity contribution >= 4 is 23.4 Å². The fraction of sp³-hybridized carbons (Fsp3) is 0.394. The Morgan fingerprint density at radius 3 is 2.30 bits per heavy atom. The molecule has 0 saturated heterocycles. The molecule has 0 radical (unpaired) electrons. The minimum atomic E-state index is -0.668. The van der Waals surface area contributed by atoms with Gasteiger partial charge in [-0.15, -0.1) is 0 Å². The molecular weight excluding hydrogens is 524 g/mol. The van der Waals surface area contributed by atoms with Gasteiger partial charge in [0.05, 0.1) is 14.2 Å². The third-order valence-corrected chi connectivity index (χ3v) is 7.97. The van der Waals surface area contributed by atoms with Gasteiger partial charge in [0.25, 0.3) is 0 Å². The summed E-state index contributed by atoms with van der Waals surface area (Å²) in [6.07, 6.45) is 6.54. The Kier molecular flexibility index (Phi) is 10.9. The largest absolute Gasteiger partial charge is 0.493 e. The topological polar surface area (TPSA) is 67.9 Å². The summed E-state index contributed by atoms with van der Waals surface area (Å²) in [4.78, 5) is 29.6. The highest BCUT2D eigenvalue weighted by molar-refractivity contribution is 6.31. The minimum Gasteiger partial charge on any atom is -0.493 e. The lowest BCUT2D eigenvalue weighted by atomic mass is 9.94. The first-order chi connectivity index (χ1) is 19.5. The molecule has 1 fully saturated rings. The maximum atomic E-state index is 14.0. The first-order valence-electron chi connectivity index (χ1n) is 14.1. The molecular formula is C33H39ClN2O4. The van der Waals surface area contributed by atoms with Crippen LogP contribution in [0.25, 0.3) is 0 Å². The quantitative estimate of drug-likeness (QED) is 0.278. The van der Waals surface area contributed by atoms with Crippen molar-refractivity contribution in [3.63, 3.8) is 0 Å². The second kappa shape index (κ2) is 14.8. The van der Waals surface area contributed by atoms with Crippen LogP contribution in [-0.2, 0) is 29.0 Å². The molecule has 1 aliphatic rings. The van der Waals surface area contributed by atoms with Gasteiger partial charge in [0.1, 0.15) is 6.04 Å². The number of nitrogens with one attached hydrogen (secondary N) is 1. The molecule has 3 aromatic rings. The summed E-state index contributed by atoms with van der Waals surface area (Å²) in [5.41, 5.74) is 2.77. The van der Waals surface area contributed by atoms with E-state index in [-0.39, 0.29) is 30.8 Å². The number of methoxy groups -OCH3 is 2. The summed E-state index contributed by atoms with van der Waals surface area (Å²) in [6.45, 7) is 0.250. The molecule has 2 amide bonds. The van der Waals surface area contributed by atoms with Crippen LogP contribution in [-0.4, -0.2) is 43.0 Å². The molecule has 7 heteroatoms. The Labute approximate surface area is 242 Å². The first-order valence-corrected chi connectivity index (χ1v) is 14.4. The van der Waals surface area contributed by atoms with Gasteiger partial charge < -0.3 is 19.7 Å². The Morgan fingerprint density at radius 2 is 1.60 bits per heavy atom. The van der Waals surface area contributed by atoms with Crippen LogP contribution in [0.5, 0.6) is 11.5 Å². The van der Waals surface area contributed by atoms with E-state index >= 15 is 0 Å². The lowest BCUT2D eigenvalue weighted by molar-refractivity contribution is -0.141. The number of ether oxygens (including phenoxy) is 2. The number of carbonyl (C=O) groups is 2. The van der Waals surface area contributed by atoms with Gasteiger partial charge in [-0.2, -0.15) is 0 Å². The highest BCUT2D eigenvalue weighted by Gasteiger charge is 2.32. The third kappa shape index (κ3) is 8.01. The highest BCUT2D eigenvalue weighted by atomic mass is 35.5. The summed E-state index contributed by atoms with van der Waals surface area (Å²) >= 11 is 6.54. The number of hydrogen-bond donors (Lipinski definition) is 1. The van der Waals surface area contributed by atoms with E-state index < -0.39 is 6.04 Å². The summed E-state index contributed by atoms with van der Waals surface area (Å²) < 4.78 is 10.8. The number of nitrogens with zero attached hydrogens (tertiary/aromatic N) is 1. The van der Waals surface area contributed by atoms with Crippen LogP contribution in [0.3, 0.4) is 0 Å². The molecule has 1 atom stereocenters. The molecule has 6 nitrogen and oxygen atoms in total. The van der Waals surface area contributed by atoms with Crippen molar-refractivity contribution in [2.45, 2.75) is 70.0 Å². The molecule has 1 aliphatic carbocycles. The van der Waals surface area contributed by atoms with E-state index in [9.17, 15) is 9.59 Å². The molecule has 0 spiro atoms. The number of rotatable bonds is 12. The van der Waals surface area contributed by atoms with Crippen molar-refractivity contribution in [3.8, 4) is 11.5 Å². The first kappa shape index (κ1) is 29.5. The maximum Gasteiger partial charge on any atom is 0.243 e. The smallest absolute Gasteiger partial charge is 0.243 e. The molecule has 1 saturated carbocycles. The zero-order valence-electron chi connectivity index (χ0n) is 23.4. The fourth-order valence-corrected chi connectivity index (χ4v) is 5.53. The molecule has 0 unspecified atom stereocenters. The van der Waals surface area contributed by atoms with E-state index in [2.05, 4.69) is 5.32 Å². The number of carbonyl (C=O) groups excluding carboxylic acids is 2. The molecule has 0 heterocycles. The zero-order valence-corrected chi connectivity index (χ0v) is 24.2. The number of benzene rings is 3. The number of hydrogen-bond acceptors (Lipinski definition) is 4. The fourth-order valence-electron chi connectivity index (χ4n) is 5.34. The number of amides is 2. The summed E-state index contributed by atoms with van der Waals surface area (Å²) in [5.74, 6) is 1.05. The van der Waals surface area contributed by atoms with E-state index in [0.717, 1.165) is 42.4 Å². The van der Waals surface area contributed by atoms with E-state index in [1.54, 1.807) is 19.1 Å². The summed E-state index contributed by atoms with van der Waals surface area (Å²) in [7, 11) is 3.19. The second-order valence-electron chi connectivity index (χ2n) is 10.4. The summed E-state index contributed by atoms with van der Waals surface area (Å²) in [6, 6.07) is 22.5. The van der Waals surface area contributed by atoms with Crippen molar-refractivity contribution in [1.29, 1.82) is 0 Å². The van der Waals surface area contributed by atoms with Crippen LogP contribution in [0.4, 0.5) is 0 Å². The molecule has 0 aromatic heterocycles. The maximum absolute atomic E-state index is 14.0. The molecule has 212 valence electrons. The normalized spacial score (nSPS) is 14.3. The minimum absolute atomic E-state index is 0.102. The Hall–Kier alpha value is -3.51. The van der Waals surface area contributed by atoms with E-state index in [1.807, 2.05) is 72.8 Å². The average Bonchev–Trinajstić information content (AvgIpc) is 2.99. The predicted octanol–water partition coefficient (Wildman–Crippen LogP) is 6.38. The predicted molar refractivity (Wildman–Crippen MR) is 159 cm³/mol. The van der Waals surface area contributed by atoms with Crippen LogP contribution >= 0.6 is 11.6 Å². The number of halogens is 1. The van der Waals surface area contributed by atoms with Crippen LogP contribution in [0.15, 0.2) is 72.8 Å². The Bertz CT molecular complexity index is 1260. The van der Waals surface area contributed by atoms with Gasteiger partial charge in [-0.3, -0.25) is 9.59 Å². The van der Waals surface area contributed by atoms with Crippen molar-refractivity contribution < 1.29 is 19.1 Å². The van der Waals surface area contributed by atoms with Crippen molar-refractivity contribution in [1.82, 2.24) is 10.2 Å². The monoisotopic (exact) mass is 562 g/mol. The Morgan fingerprint density at radius 1 is 0.900 bits per heavy atom. The average molecular weight is 563 g/mol. The van der Waals surface area contributed by atoms with Gasteiger partial charge in [-0.25, -0.2) is 0 Å². The van der Waals surface area contributed by atoms with Crippen molar-refractivity contribution in [2.75, 3.05) is 14.2 Å². The lowest BCUT2D eigenvalue weighted by Crippen LogP contribution is -2.53. The van der Waals surface area contributed by atoms with Crippen molar-refractivity contribution in [2.24, 2.45) is 0 Å². The molecule has 40 heavy (non-hydrogen) atoms. The van der Waals surface area contributed by atoms with Crippen LogP contribution in [0, 0.1) is 0 Å². The zero-order chi connectivity index (χ0) is 28.3. The van der Waals surface area contributed by atoms with Crippen LogP contribution < -0.4 is 14.8 Å². The van der Waals surface area contributed by atoms with Gasteiger partial charge in [-0.1, -0.05) is 85.5 Å².